The number of hydrogen-bond acceptors (Lipinski definition) is 4. The van der Waals surface area contributed by atoms with E-state index in [1.165, 1.54) is 17.7 Å². The molecule has 3 rings (SSSR count). The van der Waals surface area contributed by atoms with Gasteiger partial charge in [-0.05, 0) is 54.5 Å². The second-order valence-electron chi connectivity index (χ2n) is 6.58. The molecule has 138 valence electrons. The lowest BCUT2D eigenvalue weighted by molar-refractivity contribution is 0.206. The molecule has 1 aromatic carbocycles. The molecule has 0 unspecified atom stereocenters. The first-order valence-corrected chi connectivity index (χ1v) is 10.2. The summed E-state index contributed by atoms with van der Waals surface area (Å²) in [6.07, 6.45) is 6.34. The number of anilines is 1. The van der Waals surface area contributed by atoms with Crippen LogP contribution in [0.3, 0.4) is 0 Å². The molecule has 26 heavy (non-hydrogen) atoms. The maximum atomic E-state index is 12.4. The number of aromatic nitrogens is 1. The van der Waals surface area contributed by atoms with Gasteiger partial charge in [0.1, 0.15) is 5.82 Å². The molecule has 1 saturated heterocycles. The molecule has 2 aromatic rings. The van der Waals surface area contributed by atoms with Crippen molar-refractivity contribution in [1.82, 2.24) is 15.2 Å². The number of carbonyl (C=O) groups is 1. The zero-order valence-electron chi connectivity index (χ0n) is 15.4. The topological polar surface area (TPSA) is 48.5 Å². The average molecular weight is 371 g/mol. The Bertz CT molecular complexity index is 729. The van der Waals surface area contributed by atoms with Gasteiger partial charge in [0.2, 0.25) is 0 Å². The second-order valence-corrected chi connectivity index (χ2v) is 7.46. The van der Waals surface area contributed by atoms with Crippen LogP contribution in [-0.2, 0) is 13.1 Å². The quantitative estimate of drug-likeness (QED) is 0.787. The Hall–Kier alpha value is -2.21. The van der Waals surface area contributed by atoms with Crippen molar-refractivity contribution < 1.29 is 4.79 Å². The molecule has 1 aliphatic heterocycles. The van der Waals surface area contributed by atoms with Crippen molar-refractivity contribution in [2.75, 3.05) is 31.3 Å². The van der Waals surface area contributed by atoms with Crippen molar-refractivity contribution in [1.29, 1.82) is 0 Å². The molecule has 6 heteroatoms. The van der Waals surface area contributed by atoms with Crippen LogP contribution in [0.2, 0.25) is 0 Å². The van der Waals surface area contributed by atoms with Crippen LogP contribution in [0.25, 0.3) is 0 Å². The molecule has 0 spiro atoms. The number of thioether (sulfide) groups is 1. The molecule has 0 aliphatic carbocycles. The zero-order chi connectivity index (χ0) is 18.4. The Balaban J connectivity index is 1.51. The lowest BCUT2D eigenvalue weighted by Gasteiger charge is -2.19. The highest BCUT2D eigenvalue weighted by molar-refractivity contribution is 7.98. The molecule has 2 heterocycles. The lowest BCUT2D eigenvalue weighted by Crippen LogP contribution is -2.36. The molecular formula is C20H26N4OS. The SMILES string of the molecule is CSc1ccc(CN(C)C(=O)NCc2ccnc(N3CCCC3)c2)cc1. The van der Waals surface area contributed by atoms with Gasteiger partial charge in [0.15, 0.2) is 0 Å². The summed E-state index contributed by atoms with van der Waals surface area (Å²) in [7, 11) is 1.82. The van der Waals surface area contributed by atoms with Gasteiger partial charge >= 0.3 is 6.03 Å². The van der Waals surface area contributed by atoms with Crippen molar-refractivity contribution in [2.24, 2.45) is 0 Å². The highest BCUT2D eigenvalue weighted by atomic mass is 32.2. The van der Waals surface area contributed by atoms with Crippen LogP contribution in [0, 0.1) is 0 Å². The van der Waals surface area contributed by atoms with Crippen LogP contribution < -0.4 is 10.2 Å². The first kappa shape index (κ1) is 18.6. The summed E-state index contributed by atoms with van der Waals surface area (Å²) in [4.78, 5) is 22.1. The molecule has 2 amide bonds. The highest BCUT2D eigenvalue weighted by Crippen LogP contribution is 2.18. The number of amides is 2. The normalized spacial score (nSPS) is 13.7. The lowest BCUT2D eigenvalue weighted by atomic mass is 10.2. The van der Waals surface area contributed by atoms with E-state index in [1.807, 2.05) is 19.3 Å². The predicted octanol–water partition coefficient (Wildman–Crippen LogP) is 3.75. The van der Waals surface area contributed by atoms with E-state index in [0.29, 0.717) is 13.1 Å². The van der Waals surface area contributed by atoms with E-state index in [0.717, 1.165) is 30.0 Å². The van der Waals surface area contributed by atoms with Crippen LogP contribution in [0.5, 0.6) is 0 Å². The minimum absolute atomic E-state index is 0.0709. The predicted molar refractivity (Wildman–Crippen MR) is 108 cm³/mol. The minimum atomic E-state index is -0.0709. The van der Waals surface area contributed by atoms with E-state index in [1.54, 1.807) is 16.7 Å². The van der Waals surface area contributed by atoms with E-state index in [4.69, 9.17) is 0 Å². The van der Waals surface area contributed by atoms with Crippen molar-refractivity contribution in [3.05, 3.63) is 53.7 Å². The molecule has 1 N–H and O–H groups in total. The number of benzene rings is 1. The van der Waals surface area contributed by atoms with E-state index in [9.17, 15) is 4.79 Å². The molecule has 0 radical (unpaired) electrons. The number of carbonyl (C=O) groups excluding carboxylic acids is 1. The summed E-state index contributed by atoms with van der Waals surface area (Å²) < 4.78 is 0. The third kappa shape index (κ3) is 4.91. The van der Waals surface area contributed by atoms with Gasteiger partial charge in [0.25, 0.3) is 0 Å². The summed E-state index contributed by atoms with van der Waals surface area (Å²) in [5.41, 5.74) is 2.20. The molecule has 1 aliphatic rings. The van der Waals surface area contributed by atoms with Gasteiger partial charge in [-0.2, -0.15) is 0 Å². The molecule has 0 bridgehead atoms. The first-order valence-electron chi connectivity index (χ1n) is 8.97. The van der Waals surface area contributed by atoms with E-state index >= 15 is 0 Å². The molecule has 1 aromatic heterocycles. The number of nitrogens with one attached hydrogen (secondary N) is 1. The summed E-state index contributed by atoms with van der Waals surface area (Å²) in [5, 5.41) is 3.00. The van der Waals surface area contributed by atoms with Gasteiger partial charge in [0, 0.05) is 44.3 Å². The van der Waals surface area contributed by atoms with Crippen molar-refractivity contribution >= 4 is 23.6 Å². The number of urea groups is 1. The Morgan fingerprint density at radius 2 is 1.92 bits per heavy atom. The Labute approximate surface area is 159 Å². The fourth-order valence-electron chi connectivity index (χ4n) is 3.08. The molecule has 1 fully saturated rings. The zero-order valence-corrected chi connectivity index (χ0v) is 16.3. The Morgan fingerprint density at radius 1 is 1.19 bits per heavy atom. The van der Waals surface area contributed by atoms with Gasteiger partial charge in [-0.15, -0.1) is 11.8 Å². The average Bonchev–Trinajstić information content (AvgIpc) is 3.22. The third-order valence-electron chi connectivity index (χ3n) is 4.61. The van der Waals surface area contributed by atoms with Gasteiger partial charge in [-0.25, -0.2) is 9.78 Å². The van der Waals surface area contributed by atoms with Crippen LogP contribution in [-0.4, -0.2) is 42.3 Å². The largest absolute Gasteiger partial charge is 0.357 e. The van der Waals surface area contributed by atoms with Crippen molar-refractivity contribution in [3.63, 3.8) is 0 Å². The van der Waals surface area contributed by atoms with Crippen molar-refractivity contribution in [2.45, 2.75) is 30.8 Å². The van der Waals surface area contributed by atoms with E-state index < -0.39 is 0 Å². The first-order chi connectivity index (χ1) is 12.7. The Kier molecular flexibility index (Phi) is 6.39. The molecule has 0 saturated carbocycles. The smallest absolute Gasteiger partial charge is 0.317 e. The van der Waals surface area contributed by atoms with Crippen LogP contribution in [0.1, 0.15) is 24.0 Å². The second kappa shape index (κ2) is 8.94. The number of pyridine rings is 1. The summed E-state index contributed by atoms with van der Waals surface area (Å²) in [6.45, 7) is 3.25. The fourth-order valence-corrected chi connectivity index (χ4v) is 3.49. The summed E-state index contributed by atoms with van der Waals surface area (Å²) >= 11 is 1.72. The van der Waals surface area contributed by atoms with Crippen LogP contribution in [0.15, 0.2) is 47.5 Å². The fraction of sp³-hybridized carbons (Fsp3) is 0.400. The summed E-state index contributed by atoms with van der Waals surface area (Å²) in [6, 6.07) is 12.3. The molecular weight excluding hydrogens is 344 g/mol. The monoisotopic (exact) mass is 370 g/mol. The van der Waals surface area contributed by atoms with Crippen molar-refractivity contribution in [3.8, 4) is 0 Å². The van der Waals surface area contributed by atoms with Gasteiger partial charge < -0.3 is 15.1 Å². The van der Waals surface area contributed by atoms with Crippen LogP contribution >= 0.6 is 11.8 Å². The highest BCUT2D eigenvalue weighted by Gasteiger charge is 2.14. The van der Waals surface area contributed by atoms with E-state index in [-0.39, 0.29) is 6.03 Å². The number of rotatable bonds is 6. The minimum Gasteiger partial charge on any atom is -0.357 e. The maximum absolute atomic E-state index is 12.4. The van der Waals surface area contributed by atoms with Gasteiger partial charge in [0.05, 0.1) is 0 Å². The maximum Gasteiger partial charge on any atom is 0.317 e. The van der Waals surface area contributed by atoms with Gasteiger partial charge in [-0.1, -0.05) is 12.1 Å². The third-order valence-corrected chi connectivity index (χ3v) is 5.35. The van der Waals surface area contributed by atoms with Crippen LogP contribution in [0.4, 0.5) is 10.6 Å². The number of hydrogen-bond donors (Lipinski definition) is 1. The standard InChI is InChI=1S/C20H26N4OS/c1-23(15-16-5-7-18(26-2)8-6-16)20(25)22-14-17-9-10-21-19(13-17)24-11-3-4-12-24/h5-10,13H,3-4,11-12,14-15H2,1-2H3,(H,22,25). The van der Waals surface area contributed by atoms with E-state index in [2.05, 4.69) is 51.8 Å². The molecule has 0 atom stereocenters. The number of nitrogens with zero attached hydrogens (tertiary/aromatic N) is 3. The Morgan fingerprint density at radius 3 is 2.62 bits per heavy atom. The summed E-state index contributed by atoms with van der Waals surface area (Å²) in [5.74, 6) is 1.01. The van der Waals surface area contributed by atoms with Gasteiger partial charge in [-0.3, -0.25) is 0 Å². The molecule has 5 nitrogen and oxygen atoms in total.